The van der Waals surface area contributed by atoms with Crippen LogP contribution in [0.4, 0.5) is 0 Å². The fourth-order valence-electron chi connectivity index (χ4n) is 2.12. The third kappa shape index (κ3) is 1.21. The molecule has 0 aliphatic heterocycles. The molecule has 0 amide bonds. The van der Waals surface area contributed by atoms with E-state index in [0.717, 1.165) is 21.9 Å². The topological polar surface area (TPSA) is 20.2 Å². The van der Waals surface area contributed by atoms with Gasteiger partial charge < -0.3 is 5.11 Å². The summed E-state index contributed by atoms with van der Waals surface area (Å²) in [5, 5.41) is 12.7. The monoisotopic (exact) mass is 216 g/mol. The fourth-order valence-corrected chi connectivity index (χ4v) is 2.36. The lowest BCUT2D eigenvalue weighted by Crippen LogP contribution is -2.03. The number of hydrogen-bond acceptors (Lipinski definition) is 1. The zero-order valence-electron chi connectivity index (χ0n) is 7.94. The molecule has 3 rings (SSSR count). The summed E-state index contributed by atoms with van der Waals surface area (Å²) in [6.07, 6.45) is 1.16. The van der Waals surface area contributed by atoms with Gasteiger partial charge in [0.15, 0.2) is 0 Å². The van der Waals surface area contributed by atoms with Crippen LogP contribution in [0.15, 0.2) is 41.4 Å². The highest BCUT2D eigenvalue weighted by molar-refractivity contribution is 6.33. The summed E-state index contributed by atoms with van der Waals surface area (Å²) in [5.74, 6) is 0. The van der Waals surface area contributed by atoms with Crippen LogP contribution in [0, 0.1) is 0 Å². The first-order chi connectivity index (χ1) is 7.27. The van der Waals surface area contributed by atoms with Crippen molar-refractivity contribution >= 4 is 28.4 Å². The van der Waals surface area contributed by atoms with E-state index in [9.17, 15) is 5.11 Å². The van der Waals surface area contributed by atoms with Gasteiger partial charge in [-0.15, -0.1) is 0 Å². The maximum Gasteiger partial charge on any atom is 0.115 e. The Bertz CT molecular complexity index is 567. The zero-order valence-corrected chi connectivity index (χ0v) is 8.70. The maximum absolute atomic E-state index is 9.94. The van der Waals surface area contributed by atoms with Crippen molar-refractivity contribution in [3.8, 4) is 0 Å². The number of rotatable bonds is 0. The summed E-state index contributed by atoms with van der Waals surface area (Å²) in [5.41, 5.74) is 1.98. The van der Waals surface area contributed by atoms with Gasteiger partial charge in [0.25, 0.3) is 0 Å². The van der Waals surface area contributed by atoms with Gasteiger partial charge in [0.05, 0.1) is 5.03 Å². The Morgan fingerprint density at radius 3 is 2.60 bits per heavy atom. The van der Waals surface area contributed by atoms with Crippen LogP contribution in [0.5, 0.6) is 0 Å². The van der Waals surface area contributed by atoms with Gasteiger partial charge in [-0.2, -0.15) is 0 Å². The molecule has 1 unspecified atom stereocenters. The largest absolute Gasteiger partial charge is 0.383 e. The molecule has 0 fully saturated rings. The van der Waals surface area contributed by atoms with Gasteiger partial charge in [-0.05, 0) is 28.0 Å². The van der Waals surface area contributed by atoms with Crippen LogP contribution >= 0.6 is 11.6 Å². The Hall–Kier alpha value is -1.31. The smallest absolute Gasteiger partial charge is 0.115 e. The molecule has 15 heavy (non-hydrogen) atoms. The lowest BCUT2D eigenvalue weighted by molar-refractivity contribution is 0.226. The predicted octanol–water partition coefficient (Wildman–Crippen LogP) is 3.47. The van der Waals surface area contributed by atoms with E-state index >= 15 is 0 Å². The number of benzene rings is 2. The van der Waals surface area contributed by atoms with E-state index in [1.54, 1.807) is 0 Å². The van der Waals surface area contributed by atoms with Crippen LogP contribution in [0.2, 0.25) is 0 Å². The van der Waals surface area contributed by atoms with Gasteiger partial charge in [-0.25, -0.2) is 0 Å². The summed E-state index contributed by atoms with van der Waals surface area (Å²) in [6.45, 7) is 0. The molecule has 2 aromatic rings. The Morgan fingerprint density at radius 2 is 1.80 bits per heavy atom. The molecule has 0 bridgehead atoms. The van der Waals surface area contributed by atoms with Crippen molar-refractivity contribution in [1.82, 2.24) is 0 Å². The van der Waals surface area contributed by atoms with E-state index in [2.05, 4.69) is 0 Å². The van der Waals surface area contributed by atoms with Crippen molar-refractivity contribution in [3.05, 3.63) is 52.6 Å². The van der Waals surface area contributed by atoms with Crippen LogP contribution in [-0.4, -0.2) is 5.11 Å². The highest BCUT2D eigenvalue weighted by Crippen LogP contribution is 2.38. The summed E-state index contributed by atoms with van der Waals surface area (Å²) in [4.78, 5) is 0. The van der Waals surface area contributed by atoms with Crippen LogP contribution in [0.25, 0.3) is 16.8 Å². The second kappa shape index (κ2) is 3.09. The van der Waals surface area contributed by atoms with Crippen LogP contribution in [0.1, 0.15) is 17.2 Å². The van der Waals surface area contributed by atoms with Crippen LogP contribution in [-0.2, 0) is 0 Å². The molecule has 2 aromatic carbocycles. The minimum Gasteiger partial charge on any atom is -0.383 e. The van der Waals surface area contributed by atoms with Crippen molar-refractivity contribution in [2.24, 2.45) is 0 Å². The van der Waals surface area contributed by atoms with Crippen LogP contribution in [0.3, 0.4) is 0 Å². The second-order valence-electron chi connectivity index (χ2n) is 3.72. The van der Waals surface area contributed by atoms with Gasteiger partial charge in [0.2, 0.25) is 0 Å². The molecule has 0 saturated heterocycles. The van der Waals surface area contributed by atoms with Crippen molar-refractivity contribution in [1.29, 1.82) is 0 Å². The number of aliphatic hydroxyl groups is 1. The first kappa shape index (κ1) is 8.96. The molecular weight excluding hydrogens is 208 g/mol. The van der Waals surface area contributed by atoms with Gasteiger partial charge in [0.1, 0.15) is 6.10 Å². The molecule has 0 saturated carbocycles. The molecule has 0 heterocycles. The molecule has 1 aliphatic rings. The van der Waals surface area contributed by atoms with E-state index in [4.69, 9.17) is 11.6 Å². The van der Waals surface area contributed by atoms with E-state index in [1.165, 1.54) is 0 Å². The summed E-state index contributed by atoms with van der Waals surface area (Å²) >= 11 is 5.99. The summed E-state index contributed by atoms with van der Waals surface area (Å²) in [6, 6.07) is 12.0. The Kier molecular flexibility index (Phi) is 1.84. The third-order valence-electron chi connectivity index (χ3n) is 2.82. The molecule has 0 radical (unpaired) electrons. The van der Waals surface area contributed by atoms with E-state index in [-0.39, 0.29) is 0 Å². The molecule has 1 N–H and O–H groups in total. The molecule has 1 nitrogen and oxygen atoms in total. The Balaban J connectivity index is 2.49. The van der Waals surface area contributed by atoms with E-state index < -0.39 is 6.10 Å². The number of hydrogen-bond donors (Lipinski definition) is 1. The molecule has 0 spiro atoms. The van der Waals surface area contributed by atoms with E-state index in [0.29, 0.717) is 5.03 Å². The SMILES string of the molecule is OC1C(Cl)=Cc2cccc3cccc1c23. The van der Waals surface area contributed by atoms with Crippen molar-refractivity contribution < 1.29 is 5.11 Å². The standard InChI is InChI=1S/C13H9ClO/c14-11-7-9-5-1-3-8-4-2-6-10(12(8)9)13(11)15/h1-7,13,15H. The lowest BCUT2D eigenvalue weighted by atomic mass is 9.91. The van der Waals surface area contributed by atoms with Crippen molar-refractivity contribution in [3.63, 3.8) is 0 Å². The van der Waals surface area contributed by atoms with Gasteiger partial charge in [-0.1, -0.05) is 48.0 Å². The predicted molar refractivity (Wildman–Crippen MR) is 62.7 cm³/mol. The maximum atomic E-state index is 9.94. The van der Waals surface area contributed by atoms with Gasteiger partial charge in [0, 0.05) is 0 Å². The average Bonchev–Trinajstić information content (AvgIpc) is 2.26. The molecule has 1 aliphatic carbocycles. The molecule has 0 aromatic heterocycles. The first-order valence-electron chi connectivity index (χ1n) is 4.84. The molecule has 2 heteroatoms. The first-order valence-corrected chi connectivity index (χ1v) is 5.22. The average molecular weight is 217 g/mol. The lowest BCUT2D eigenvalue weighted by Gasteiger charge is -2.19. The normalized spacial score (nSPS) is 19.1. The summed E-state index contributed by atoms with van der Waals surface area (Å²) < 4.78 is 0. The highest BCUT2D eigenvalue weighted by atomic mass is 35.5. The van der Waals surface area contributed by atoms with Crippen molar-refractivity contribution in [2.75, 3.05) is 0 Å². The molecule has 74 valence electrons. The highest BCUT2D eigenvalue weighted by Gasteiger charge is 2.20. The van der Waals surface area contributed by atoms with Crippen LogP contribution < -0.4 is 0 Å². The Morgan fingerprint density at radius 1 is 1.07 bits per heavy atom. The minimum absolute atomic E-state index is 0.487. The molecule has 1 atom stereocenters. The third-order valence-corrected chi connectivity index (χ3v) is 3.13. The second-order valence-corrected chi connectivity index (χ2v) is 4.16. The van der Waals surface area contributed by atoms with Gasteiger partial charge >= 0.3 is 0 Å². The van der Waals surface area contributed by atoms with Gasteiger partial charge in [-0.3, -0.25) is 0 Å². The molecular formula is C13H9ClO. The number of aliphatic hydroxyl groups excluding tert-OH is 1. The zero-order chi connectivity index (χ0) is 10.4. The Labute approximate surface area is 92.6 Å². The summed E-state index contributed by atoms with van der Waals surface area (Å²) in [7, 11) is 0. The minimum atomic E-state index is -0.676. The van der Waals surface area contributed by atoms with Crippen molar-refractivity contribution in [2.45, 2.75) is 6.10 Å². The fraction of sp³-hybridized carbons (Fsp3) is 0.0769. The number of halogens is 1. The quantitative estimate of drug-likeness (QED) is 0.715. The van der Waals surface area contributed by atoms with E-state index in [1.807, 2.05) is 42.5 Å².